The number of β-amino-alcohol motifs (C(OH)–C–C–N with tert-alkyl or cyclic N) is 1. The smallest absolute Gasteiger partial charge is 0.257 e. The Kier molecular flexibility index (Phi) is 2.86. The number of rotatable bonds is 2. The van der Waals surface area contributed by atoms with Crippen LogP contribution in [0.5, 0.6) is 0 Å². The van der Waals surface area contributed by atoms with E-state index in [1.807, 2.05) is 6.92 Å². The summed E-state index contributed by atoms with van der Waals surface area (Å²) in [5.41, 5.74) is 0.723. The molecule has 2 aromatic rings. The second kappa shape index (κ2) is 4.45. The number of furan rings is 1. The molecule has 1 aliphatic heterocycles. The first kappa shape index (κ1) is 12.9. The summed E-state index contributed by atoms with van der Waals surface area (Å²) in [4.78, 5) is 14.1. The van der Waals surface area contributed by atoms with Gasteiger partial charge in [-0.3, -0.25) is 4.79 Å². The first-order valence-corrected chi connectivity index (χ1v) is 6.44. The van der Waals surface area contributed by atoms with Crippen LogP contribution in [0.1, 0.15) is 33.8 Å². The third-order valence-corrected chi connectivity index (χ3v) is 3.80. The van der Waals surface area contributed by atoms with Crippen molar-refractivity contribution in [3.8, 4) is 0 Å². The van der Waals surface area contributed by atoms with Crippen LogP contribution in [-0.4, -0.2) is 44.4 Å². The molecular weight excluding hydrogens is 260 g/mol. The molecule has 1 fully saturated rings. The minimum atomic E-state index is -1.13. The SMILES string of the molecule is Cc1coc(C)c1C(=O)N1CCC(O)(c2cn[nH]n2)C1. The third-order valence-electron chi connectivity index (χ3n) is 3.80. The first-order valence-electron chi connectivity index (χ1n) is 6.44. The Labute approximate surface area is 115 Å². The Bertz CT molecular complexity index is 615. The lowest BCUT2D eigenvalue weighted by atomic mass is 10.00. The van der Waals surface area contributed by atoms with Crippen molar-refractivity contribution in [3.05, 3.63) is 35.0 Å². The topological polar surface area (TPSA) is 95.3 Å². The van der Waals surface area contributed by atoms with Gasteiger partial charge in [-0.05, 0) is 13.8 Å². The van der Waals surface area contributed by atoms with Crippen LogP contribution < -0.4 is 0 Å². The highest BCUT2D eigenvalue weighted by Crippen LogP contribution is 2.31. The van der Waals surface area contributed by atoms with E-state index in [0.29, 0.717) is 30.0 Å². The van der Waals surface area contributed by atoms with E-state index < -0.39 is 5.60 Å². The number of carbonyl (C=O) groups is 1. The van der Waals surface area contributed by atoms with Gasteiger partial charge in [0.2, 0.25) is 0 Å². The van der Waals surface area contributed by atoms with E-state index in [1.165, 1.54) is 6.20 Å². The van der Waals surface area contributed by atoms with Crippen molar-refractivity contribution < 1.29 is 14.3 Å². The Morgan fingerprint density at radius 2 is 2.35 bits per heavy atom. The molecular formula is C13H16N4O3. The molecule has 2 aromatic heterocycles. The molecule has 0 aliphatic carbocycles. The fraction of sp³-hybridized carbons (Fsp3) is 0.462. The highest BCUT2D eigenvalue weighted by Gasteiger charge is 2.42. The number of hydrogen-bond donors (Lipinski definition) is 2. The number of H-pyrrole nitrogens is 1. The summed E-state index contributed by atoms with van der Waals surface area (Å²) in [6, 6.07) is 0. The predicted octanol–water partition coefficient (Wildman–Crippen LogP) is 0.748. The van der Waals surface area contributed by atoms with E-state index in [-0.39, 0.29) is 12.5 Å². The van der Waals surface area contributed by atoms with Crippen LogP contribution in [0, 0.1) is 13.8 Å². The number of aromatic nitrogens is 3. The Balaban J connectivity index is 1.83. The normalized spacial score (nSPS) is 22.4. The number of nitrogens with one attached hydrogen (secondary N) is 1. The molecule has 1 amide bonds. The standard InChI is InChI=1S/C13H16N4O3/c1-8-6-20-9(2)11(8)12(18)17-4-3-13(19,7-17)10-5-14-16-15-10/h5-6,19H,3-4,7H2,1-2H3,(H,14,15,16). The van der Waals surface area contributed by atoms with E-state index >= 15 is 0 Å². The number of hydrogen-bond acceptors (Lipinski definition) is 5. The van der Waals surface area contributed by atoms with Crippen molar-refractivity contribution in [3.63, 3.8) is 0 Å². The fourth-order valence-corrected chi connectivity index (χ4v) is 2.65. The maximum absolute atomic E-state index is 12.5. The maximum Gasteiger partial charge on any atom is 0.257 e. The van der Waals surface area contributed by atoms with Gasteiger partial charge >= 0.3 is 0 Å². The van der Waals surface area contributed by atoms with Crippen molar-refractivity contribution in [2.45, 2.75) is 25.9 Å². The van der Waals surface area contributed by atoms with E-state index in [0.717, 1.165) is 5.56 Å². The summed E-state index contributed by atoms with van der Waals surface area (Å²) in [7, 11) is 0. The summed E-state index contributed by atoms with van der Waals surface area (Å²) in [5.74, 6) is 0.484. The molecule has 20 heavy (non-hydrogen) atoms. The van der Waals surface area contributed by atoms with Gasteiger partial charge in [-0.1, -0.05) is 0 Å². The number of aromatic amines is 1. The van der Waals surface area contributed by atoms with Crippen LogP contribution in [0.25, 0.3) is 0 Å². The molecule has 0 spiro atoms. The average Bonchev–Trinajstić information content (AvgIpc) is 3.10. The number of carbonyl (C=O) groups excluding carboxylic acids is 1. The minimum absolute atomic E-state index is 0.117. The number of nitrogens with zero attached hydrogens (tertiary/aromatic N) is 3. The molecule has 0 bridgehead atoms. The first-order chi connectivity index (χ1) is 9.51. The lowest BCUT2D eigenvalue weighted by Gasteiger charge is -2.21. The zero-order valence-electron chi connectivity index (χ0n) is 11.4. The quantitative estimate of drug-likeness (QED) is 0.843. The van der Waals surface area contributed by atoms with Gasteiger partial charge in [-0.25, -0.2) is 0 Å². The molecule has 3 heterocycles. The van der Waals surface area contributed by atoms with Crippen molar-refractivity contribution in [1.82, 2.24) is 20.3 Å². The van der Waals surface area contributed by atoms with Crippen LogP contribution in [0.4, 0.5) is 0 Å². The monoisotopic (exact) mass is 276 g/mol. The van der Waals surface area contributed by atoms with Crippen LogP contribution >= 0.6 is 0 Å². The summed E-state index contributed by atoms with van der Waals surface area (Å²) in [6.07, 6.45) is 3.51. The molecule has 1 aliphatic rings. The van der Waals surface area contributed by atoms with E-state index in [4.69, 9.17) is 4.42 Å². The van der Waals surface area contributed by atoms with E-state index in [1.54, 1.807) is 18.1 Å². The molecule has 1 saturated heterocycles. The van der Waals surface area contributed by atoms with Gasteiger partial charge < -0.3 is 14.4 Å². The highest BCUT2D eigenvalue weighted by molar-refractivity contribution is 5.96. The zero-order valence-corrected chi connectivity index (χ0v) is 11.4. The van der Waals surface area contributed by atoms with Crippen LogP contribution in [0.3, 0.4) is 0 Å². The van der Waals surface area contributed by atoms with Gasteiger partial charge in [0.25, 0.3) is 5.91 Å². The highest BCUT2D eigenvalue weighted by atomic mass is 16.3. The minimum Gasteiger partial charge on any atom is -0.469 e. The second-order valence-corrected chi connectivity index (χ2v) is 5.21. The van der Waals surface area contributed by atoms with E-state index in [9.17, 15) is 9.90 Å². The van der Waals surface area contributed by atoms with Crippen molar-refractivity contribution in [2.75, 3.05) is 13.1 Å². The molecule has 0 radical (unpaired) electrons. The maximum atomic E-state index is 12.5. The van der Waals surface area contributed by atoms with Gasteiger partial charge in [0, 0.05) is 18.5 Å². The average molecular weight is 276 g/mol. The lowest BCUT2D eigenvalue weighted by Crippen LogP contribution is -2.35. The molecule has 106 valence electrons. The van der Waals surface area contributed by atoms with Gasteiger partial charge in [0.05, 0.1) is 24.6 Å². The van der Waals surface area contributed by atoms with Crippen molar-refractivity contribution in [1.29, 1.82) is 0 Å². The Morgan fingerprint density at radius 1 is 1.55 bits per heavy atom. The van der Waals surface area contributed by atoms with Crippen LogP contribution in [0.15, 0.2) is 16.9 Å². The lowest BCUT2D eigenvalue weighted by molar-refractivity contribution is 0.0381. The van der Waals surface area contributed by atoms with Gasteiger partial charge in [-0.15, -0.1) is 0 Å². The predicted molar refractivity (Wildman–Crippen MR) is 69.0 cm³/mol. The van der Waals surface area contributed by atoms with Crippen molar-refractivity contribution >= 4 is 5.91 Å². The summed E-state index contributed by atoms with van der Waals surface area (Å²) >= 11 is 0. The summed E-state index contributed by atoms with van der Waals surface area (Å²) < 4.78 is 5.26. The summed E-state index contributed by atoms with van der Waals surface area (Å²) in [5, 5.41) is 20.7. The number of amides is 1. The molecule has 2 N–H and O–H groups in total. The molecule has 1 atom stereocenters. The molecule has 0 aromatic carbocycles. The Hall–Kier alpha value is -2.15. The molecule has 0 saturated carbocycles. The van der Waals surface area contributed by atoms with Gasteiger partial charge in [0.15, 0.2) is 0 Å². The molecule has 7 nitrogen and oxygen atoms in total. The number of aliphatic hydroxyl groups is 1. The number of likely N-dealkylation sites (tertiary alicyclic amines) is 1. The Morgan fingerprint density at radius 3 is 2.95 bits per heavy atom. The number of aryl methyl sites for hydroxylation is 2. The van der Waals surface area contributed by atoms with Crippen LogP contribution in [-0.2, 0) is 5.60 Å². The van der Waals surface area contributed by atoms with E-state index in [2.05, 4.69) is 15.4 Å². The van der Waals surface area contributed by atoms with Crippen LogP contribution in [0.2, 0.25) is 0 Å². The molecule has 3 rings (SSSR count). The van der Waals surface area contributed by atoms with Gasteiger partial charge in [0.1, 0.15) is 17.1 Å². The molecule has 1 unspecified atom stereocenters. The summed E-state index contributed by atoms with van der Waals surface area (Å²) in [6.45, 7) is 4.29. The third kappa shape index (κ3) is 1.90. The zero-order chi connectivity index (χ0) is 14.3. The molecule has 7 heteroatoms. The van der Waals surface area contributed by atoms with Gasteiger partial charge in [-0.2, -0.15) is 15.4 Å². The fourth-order valence-electron chi connectivity index (χ4n) is 2.65. The van der Waals surface area contributed by atoms with Crippen molar-refractivity contribution in [2.24, 2.45) is 0 Å². The second-order valence-electron chi connectivity index (χ2n) is 5.21. The largest absolute Gasteiger partial charge is 0.469 e.